The van der Waals surface area contributed by atoms with Gasteiger partial charge >= 0.3 is 0 Å². The van der Waals surface area contributed by atoms with Crippen LogP contribution in [0.3, 0.4) is 0 Å². The maximum Gasteiger partial charge on any atom is 0.261 e. The second-order valence-electron chi connectivity index (χ2n) is 8.25. The highest BCUT2D eigenvalue weighted by Gasteiger charge is 2.44. The molecule has 0 aromatic heterocycles. The van der Waals surface area contributed by atoms with Crippen LogP contribution in [0.2, 0.25) is 0 Å². The Labute approximate surface area is 175 Å². The minimum absolute atomic E-state index is 0.133. The van der Waals surface area contributed by atoms with Gasteiger partial charge in [-0.25, -0.2) is 0 Å². The molecule has 0 spiro atoms. The van der Waals surface area contributed by atoms with Gasteiger partial charge in [-0.3, -0.25) is 29.0 Å². The van der Waals surface area contributed by atoms with Crippen LogP contribution in [-0.2, 0) is 0 Å². The first-order valence-electron chi connectivity index (χ1n) is 10.2. The average Bonchev–Trinajstić information content (AvgIpc) is 3.17. The van der Waals surface area contributed by atoms with Crippen LogP contribution in [0, 0.1) is 11.8 Å². The van der Waals surface area contributed by atoms with Crippen molar-refractivity contribution in [1.82, 2.24) is 9.80 Å². The number of rotatable bonds is 5. The van der Waals surface area contributed by atoms with Gasteiger partial charge in [0.2, 0.25) is 0 Å². The van der Waals surface area contributed by atoms with Gasteiger partial charge in [-0.05, 0) is 49.9 Å². The summed E-state index contributed by atoms with van der Waals surface area (Å²) in [5.41, 5.74) is 1.68. The quantitative estimate of drug-likeness (QED) is 0.714. The second kappa shape index (κ2) is 7.20. The van der Waals surface area contributed by atoms with E-state index in [1.54, 1.807) is 48.5 Å². The fourth-order valence-electron chi connectivity index (χ4n) is 4.50. The van der Waals surface area contributed by atoms with Crippen LogP contribution < -0.4 is 0 Å². The molecule has 0 fully saturated rings. The van der Waals surface area contributed by atoms with Gasteiger partial charge in [0.25, 0.3) is 23.6 Å². The van der Waals surface area contributed by atoms with Gasteiger partial charge in [0.1, 0.15) is 0 Å². The number of carbonyl (C=O) groups is 4. The van der Waals surface area contributed by atoms with E-state index in [1.165, 1.54) is 9.80 Å². The van der Waals surface area contributed by atoms with Crippen molar-refractivity contribution >= 4 is 23.6 Å². The lowest BCUT2D eigenvalue weighted by Gasteiger charge is -2.37. The van der Waals surface area contributed by atoms with Gasteiger partial charge < -0.3 is 0 Å². The Morgan fingerprint density at radius 3 is 0.967 bits per heavy atom. The zero-order chi connectivity index (χ0) is 21.7. The van der Waals surface area contributed by atoms with E-state index in [0.717, 1.165) is 0 Å². The monoisotopic (exact) mass is 404 g/mol. The van der Waals surface area contributed by atoms with Gasteiger partial charge in [-0.1, -0.05) is 38.1 Å². The Hall–Kier alpha value is -3.28. The summed E-state index contributed by atoms with van der Waals surface area (Å²) in [4.78, 5) is 54.0. The SMILES string of the molecule is CC([C@@H](C)[C@H](C)[C@@H](C)N1C(=O)c2ccccc2C1=O)N1C(=O)c2ccccc2C1=O. The van der Waals surface area contributed by atoms with Crippen LogP contribution in [0.4, 0.5) is 0 Å². The van der Waals surface area contributed by atoms with Crippen molar-refractivity contribution in [2.24, 2.45) is 11.8 Å². The number of hydrogen-bond acceptors (Lipinski definition) is 4. The molecule has 0 radical (unpaired) electrons. The molecule has 0 saturated carbocycles. The lowest BCUT2D eigenvalue weighted by Crippen LogP contribution is -2.49. The minimum Gasteiger partial charge on any atom is -0.271 e. The van der Waals surface area contributed by atoms with Crippen molar-refractivity contribution in [3.05, 3.63) is 70.8 Å². The summed E-state index contributed by atoms with van der Waals surface area (Å²) < 4.78 is 0. The zero-order valence-electron chi connectivity index (χ0n) is 17.5. The van der Waals surface area contributed by atoms with Gasteiger partial charge in [0.05, 0.1) is 22.3 Å². The third-order valence-electron chi connectivity index (χ3n) is 6.82. The fraction of sp³-hybridized carbons (Fsp3) is 0.333. The van der Waals surface area contributed by atoms with Crippen molar-refractivity contribution < 1.29 is 19.2 Å². The van der Waals surface area contributed by atoms with E-state index in [2.05, 4.69) is 0 Å². The van der Waals surface area contributed by atoms with E-state index in [-0.39, 0.29) is 47.5 Å². The van der Waals surface area contributed by atoms with Crippen molar-refractivity contribution in [3.8, 4) is 0 Å². The van der Waals surface area contributed by atoms with Crippen LogP contribution in [0.5, 0.6) is 0 Å². The van der Waals surface area contributed by atoms with Crippen LogP contribution in [-0.4, -0.2) is 45.5 Å². The zero-order valence-corrected chi connectivity index (χ0v) is 17.5. The number of amides is 4. The first kappa shape index (κ1) is 20.0. The third-order valence-corrected chi connectivity index (χ3v) is 6.82. The molecule has 2 aliphatic rings. The predicted octanol–water partition coefficient (Wildman–Crippen LogP) is 3.63. The molecule has 6 heteroatoms. The van der Waals surface area contributed by atoms with Gasteiger partial charge in [0, 0.05) is 12.1 Å². The normalized spacial score (nSPS) is 19.6. The van der Waals surface area contributed by atoms with Crippen LogP contribution in [0.15, 0.2) is 48.5 Å². The Kier molecular flexibility index (Phi) is 4.80. The van der Waals surface area contributed by atoms with Crippen LogP contribution >= 0.6 is 0 Å². The first-order valence-corrected chi connectivity index (χ1v) is 10.2. The minimum atomic E-state index is -0.384. The van der Waals surface area contributed by atoms with E-state index in [4.69, 9.17) is 0 Å². The summed E-state index contributed by atoms with van der Waals surface area (Å²) in [5.74, 6) is -1.45. The highest BCUT2D eigenvalue weighted by atomic mass is 16.2. The molecule has 0 bridgehead atoms. The van der Waals surface area contributed by atoms with Crippen LogP contribution in [0.1, 0.15) is 69.1 Å². The molecule has 30 heavy (non-hydrogen) atoms. The Morgan fingerprint density at radius 1 is 0.500 bits per heavy atom. The second-order valence-corrected chi connectivity index (χ2v) is 8.25. The molecule has 4 rings (SSSR count). The summed E-state index contributed by atoms with van der Waals surface area (Å²) >= 11 is 0. The Morgan fingerprint density at radius 2 is 0.733 bits per heavy atom. The van der Waals surface area contributed by atoms with Crippen molar-refractivity contribution in [2.45, 2.75) is 39.8 Å². The number of fused-ring (bicyclic) bond motifs is 2. The summed E-state index contributed by atoms with van der Waals surface area (Å²) in [6.45, 7) is 7.59. The summed E-state index contributed by atoms with van der Waals surface area (Å²) in [5, 5.41) is 0. The van der Waals surface area contributed by atoms with Crippen molar-refractivity contribution in [1.29, 1.82) is 0 Å². The molecular formula is C24H24N2O4. The third kappa shape index (κ3) is 2.78. The molecule has 6 nitrogen and oxygen atoms in total. The summed E-state index contributed by atoms with van der Waals surface area (Å²) in [7, 11) is 0. The van der Waals surface area contributed by atoms with Crippen molar-refractivity contribution in [3.63, 3.8) is 0 Å². The maximum absolute atomic E-state index is 12.8. The van der Waals surface area contributed by atoms with Gasteiger partial charge in [0.15, 0.2) is 0 Å². The van der Waals surface area contributed by atoms with E-state index in [1.807, 2.05) is 27.7 Å². The Balaban J connectivity index is 1.55. The smallest absolute Gasteiger partial charge is 0.261 e. The first-order chi connectivity index (χ1) is 14.3. The highest BCUT2D eigenvalue weighted by molar-refractivity contribution is 6.22. The Bertz CT molecular complexity index is 921. The number of carbonyl (C=O) groups excluding carboxylic acids is 4. The fourth-order valence-corrected chi connectivity index (χ4v) is 4.50. The van der Waals surface area contributed by atoms with Gasteiger partial charge in [-0.2, -0.15) is 0 Å². The molecular weight excluding hydrogens is 380 g/mol. The number of benzene rings is 2. The number of hydrogen-bond donors (Lipinski definition) is 0. The van der Waals surface area contributed by atoms with Gasteiger partial charge in [-0.15, -0.1) is 0 Å². The van der Waals surface area contributed by atoms with E-state index < -0.39 is 0 Å². The molecule has 4 atom stereocenters. The molecule has 2 heterocycles. The molecule has 154 valence electrons. The molecule has 4 amide bonds. The molecule has 2 aliphatic heterocycles. The number of imide groups is 2. The topological polar surface area (TPSA) is 74.8 Å². The maximum atomic E-state index is 12.8. The summed E-state index contributed by atoms with van der Waals surface area (Å²) in [6, 6.07) is 12.9. The van der Waals surface area contributed by atoms with E-state index in [9.17, 15) is 19.2 Å². The molecule has 0 N–H and O–H groups in total. The highest BCUT2D eigenvalue weighted by Crippen LogP contribution is 2.34. The summed E-state index contributed by atoms with van der Waals surface area (Å²) in [6.07, 6.45) is 0. The largest absolute Gasteiger partial charge is 0.271 e. The van der Waals surface area contributed by atoms with Crippen LogP contribution in [0.25, 0.3) is 0 Å². The molecule has 2 aromatic carbocycles. The van der Waals surface area contributed by atoms with E-state index in [0.29, 0.717) is 22.3 Å². The predicted molar refractivity (Wildman–Crippen MR) is 111 cm³/mol. The average molecular weight is 404 g/mol. The van der Waals surface area contributed by atoms with E-state index >= 15 is 0 Å². The molecule has 0 saturated heterocycles. The van der Waals surface area contributed by atoms with Crippen molar-refractivity contribution in [2.75, 3.05) is 0 Å². The number of nitrogens with zero attached hydrogens (tertiary/aromatic N) is 2. The molecule has 0 aliphatic carbocycles. The lowest BCUT2D eigenvalue weighted by molar-refractivity contribution is 0.0396. The molecule has 2 aromatic rings. The lowest BCUT2D eigenvalue weighted by atomic mass is 9.83. The standard InChI is InChI=1S/C24H24N2O4/c1-13(15(3)25-21(27)17-9-5-6-10-18(17)22(25)28)14(2)16(4)26-23(29)19-11-7-8-12-20(19)24(26)30/h5-16H,1-4H3/t13-,14-,15+,16?/m0/s1. The molecule has 1 unspecified atom stereocenters.